The van der Waals surface area contributed by atoms with Crippen molar-refractivity contribution in [1.29, 1.82) is 0 Å². The molecule has 0 fully saturated rings. The molecule has 0 aromatic heterocycles. The molecule has 1 aromatic carbocycles. The molecule has 0 saturated carbocycles. The fourth-order valence-corrected chi connectivity index (χ4v) is 2.00. The fraction of sp³-hybridized carbons (Fsp3) is 0.385. The van der Waals surface area contributed by atoms with Gasteiger partial charge in [0.05, 0.1) is 0 Å². The number of ether oxygens (including phenoxy) is 1. The third-order valence-corrected chi connectivity index (χ3v) is 3.22. The molecule has 0 bridgehead atoms. The number of nitrogens with one attached hydrogen (secondary N) is 1. The predicted octanol–water partition coefficient (Wildman–Crippen LogP) is 0.646. The quantitative estimate of drug-likeness (QED) is 0.593. The molecule has 7 heteroatoms. The number of carbonyl (C=O) groups is 2. The van der Waals surface area contributed by atoms with Crippen LogP contribution in [0.5, 0.6) is 5.75 Å². The Morgan fingerprint density at radius 2 is 1.95 bits per heavy atom. The molecule has 2 atom stereocenters. The molecule has 0 radical (unpaired) electrons. The highest BCUT2D eigenvalue weighted by Crippen LogP contribution is 2.16. The third-order valence-electron chi connectivity index (χ3n) is 2.41. The molecule has 1 aromatic rings. The van der Waals surface area contributed by atoms with Crippen LogP contribution in [-0.2, 0) is 20.4 Å². The minimum absolute atomic E-state index is 0.177. The van der Waals surface area contributed by atoms with E-state index in [0.717, 1.165) is 0 Å². The molecule has 6 nitrogen and oxygen atoms in total. The van der Waals surface area contributed by atoms with Gasteiger partial charge in [0, 0.05) is 35.4 Å². The van der Waals surface area contributed by atoms with Gasteiger partial charge in [0.15, 0.2) is 0 Å². The number of anilines is 1. The molecule has 1 rings (SSSR count). The van der Waals surface area contributed by atoms with Crippen molar-refractivity contribution in [3.05, 3.63) is 24.3 Å². The Morgan fingerprint density at radius 1 is 1.35 bits per heavy atom. The number of rotatable bonds is 6. The van der Waals surface area contributed by atoms with E-state index >= 15 is 0 Å². The Hall–Kier alpha value is -1.73. The zero-order valence-corrected chi connectivity index (χ0v) is 12.2. The van der Waals surface area contributed by atoms with Crippen molar-refractivity contribution >= 4 is 28.4 Å². The van der Waals surface area contributed by atoms with Gasteiger partial charge in [-0.3, -0.25) is 9.00 Å². The topological polar surface area (TPSA) is 98.5 Å². The largest absolute Gasteiger partial charge is 0.425 e. The monoisotopic (exact) mass is 298 g/mol. The predicted molar refractivity (Wildman–Crippen MR) is 77.9 cm³/mol. The van der Waals surface area contributed by atoms with E-state index in [-0.39, 0.29) is 5.91 Å². The lowest BCUT2D eigenvalue weighted by molar-refractivity contribution is -0.135. The second kappa shape index (κ2) is 7.76. The number of amides is 1. The van der Waals surface area contributed by atoms with Gasteiger partial charge in [0.2, 0.25) is 5.91 Å². The standard InChI is InChI=1S/C13H18N2O4S/c1-9(16)15-10-3-5-11(6-4-10)19-13(17)12(14)7-8-20(2)18/h3-6,12H,7-8,14H2,1-2H3,(H,15,16)/t12-,20?/m0/s1. The fourth-order valence-electron chi connectivity index (χ4n) is 1.41. The Morgan fingerprint density at radius 3 is 2.45 bits per heavy atom. The van der Waals surface area contributed by atoms with Gasteiger partial charge >= 0.3 is 5.97 Å². The van der Waals surface area contributed by atoms with Gasteiger partial charge in [-0.2, -0.15) is 0 Å². The van der Waals surface area contributed by atoms with Gasteiger partial charge < -0.3 is 15.8 Å². The first kappa shape index (κ1) is 16.3. The van der Waals surface area contributed by atoms with Gasteiger partial charge in [-0.15, -0.1) is 0 Å². The van der Waals surface area contributed by atoms with E-state index in [9.17, 15) is 13.8 Å². The summed E-state index contributed by atoms with van der Waals surface area (Å²) < 4.78 is 16.0. The van der Waals surface area contributed by atoms with Crippen LogP contribution >= 0.6 is 0 Å². The molecular weight excluding hydrogens is 280 g/mol. The molecule has 20 heavy (non-hydrogen) atoms. The normalized spacial score (nSPS) is 13.3. The second-order valence-corrected chi connectivity index (χ2v) is 5.85. The molecule has 110 valence electrons. The van der Waals surface area contributed by atoms with Crippen molar-refractivity contribution in [3.63, 3.8) is 0 Å². The third kappa shape index (κ3) is 5.94. The second-order valence-electron chi connectivity index (χ2n) is 4.30. The van der Waals surface area contributed by atoms with Crippen molar-refractivity contribution in [2.24, 2.45) is 5.73 Å². The SMILES string of the molecule is CC(=O)Nc1ccc(OC(=O)[C@@H](N)CCS(C)=O)cc1. The lowest BCUT2D eigenvalue weighted by atomic mass is 10.2. The van der Waals surface area contributed by atoms with E-state index in [1.807, 2.05) is 0 Å². The minimum atomic E-state index is -0.986. The first-order chi connectivity index (χ1) is 9.38. The first-order valence-electron chi connectivity index (χ1n) is 6.03. The van der Waals surface area contributed by atoms with Crippen molar-refractivity contribution in [3.8, 4) is 5.75 Å². The molecule has 0 saturated heterocycles. The maximum Gasteiger partial charge on any atom is 0.328 e. The molecule has 0 heterocycles. The maximum absolute atomic E-state index is 11.7. The minimum Gasteiger partial charge on any atom is -0.425 e. The van der Waals surface area contributed by atoms with Crippen LogP contribution in [0.15, 0.2) is 24.3 Å². The first-order valence-corrected chi connectivity index (χ1v) is 7.76. The number of nitrogens with two attached hydrogens (primary N) is 1. The number of hydrogen-bond donors (Lipinski definition) is 2. The van der Waals surface area contributed by atoms with E-state index in [4.69, 9.17) is 10.5 Å². The van der Waals surface area contributed by atoms with Gasteiger partial charge in [-0.25, -0.2) is 4.79 Å². The van der Waals surface area contributed by atoms with E-state index in [1.165, 1.54) is 6.92 Å². The highest BCUT2D eigenvalue weighted by molar-refractivity contribution is 7.84. The summed E-state index contributed by atoms with van der Waals surface area (Å²) in [5.41, 5.74) is 6.26. The highest BCUT2D eigenvalue weighted by atomic mass is 32.2. The summed E-state index contributed by atoms with van der Waals surface area (Å²) in [5.74, 6) is -0.0400. The van der Waals surface area contributed by atoms with Crippen molar-refractivity contribution in [2.75, 3.05) is 17.3 Å². The summed E-state index contributed by atoms with van der Waals surface area (Å²) in [4.78, 5) is 22.5. The van der Waals surface area contributed by atoms with Crippen LogP contribution in [0, 0.1) is 0 Å². The van der Waals surface area contributed by atoms with Gasteiger partial charge in [-0.05, 0) is 30.7 Å². The Kier molecular flexibility index (Phi) is 6.33. The number of carbonyl (C=O) groups excluding carboxylic acids is 2. The lowest BCUT2D eigenvalue weighted by Crippen LogP contribution is -2.35. The van der Waals surface area contributed by atoms with Crippen LogP contribution in [0.1, 0.15) is 13.3 Å². The summed E-state index contributed by atoms with van der Waals surface area (Å²) in [6, 6.07) is 5.57. The van der Waals surface area contributed by atoms with Crippen molar-refractivity contribution < 1.29 is 18.5 Å². The molecular formula is C13H18N2O4S. The van der Waals surface area contributed by atoms with E-state index < -0.39 is 22.8 Å². The maximum atomic E-state index is 11.7. The van der Waals surface area contributed by atoms with Crippen LogP contribution in [0.3, 0.4) is 0 Å². The molecule has 0 aliphatic carbocycles. The Bertz CT molecular complexity index is 502. The molecule has 0 spiro atoms. The van der Waals surface area contributed by atoms with Gasteiger partial charge in [0.1, 0.15) is 11.8 Å². The van der Waals surface area contributed by atoms with E-state index in [0.29, 0.717) is 23.6 Å². The van der Waals surface area contributed by atoms with Crippen LogP contribution in [0.2, 0.25) is 0 Å². The highest BCUT2D eigenvalue weighted by Gasteiger charge is 2.16. The molecule has 0 aliphatic heterocycles. The summed E-state index contributed by atoms with van der Waals surface area (Å²) in [7, 11) is -0.986. The Labute approximate surface area is 120 Å². The van der Waals surface area contributed by atoms with E-state index in [1.54, 1.807) is 30.5 Å². The average Bonchev–Trinajstić information content (AvgIpc) is 2.37. The lowest BCUT2D eigenvalue weighted by Gasteiger charge is -2.11. The van der Waals surface area contributed by atoms with Crippen molar-refractivity contribution in [1.82, 2.24) is 0 Å². The zero-order valence-electron chi connectivity index (χ0n) is 11.4. The van der Waals surface area contributed by atoms with Gasteiger partial charge in [0.25, 0.3) is 0 Å². The average molecular weight is 298 g/mol. The summed E-state index contributed by atoms with van der Waals surface area (Å²) >= 11 is 0. The van der Waals surface area contributed by atoms with Crippen LogP contribution in [0.4, 0.5) is 5.69 Å². The summed E-state index contributed by atoms with van der Waals surface area (Å²) in [5, 5.41) is 2.60. The van der Waals surface area contributed by atoms with Gasteiger partial charge in [-0.1, -0.05) is 0 Å². The molecule has 1 unspecified atom stereocenters. The number of benzene rings is 1. The molecule has 1 amide bonds. The summed E-state index contributed by atoms with van der Waals surface area (Å²) in [6.45, 7) is 1.41. The van der Waals surface area contributed by atoms with Crippen LogP contribution < -0.4 is 15.8 Å². The zero-order chi connectivity index (χ0) is 15.1. The number of esters is 1. The Balaban J connectivity index is 2.53. The van der Waals surface area contributed by atoms with Crippen LogP contribution in [-0.4, -0.2) is 34.1 Å². The smallest absolute Gasteiger partial charge is 0.328 e. The molecule has 3 N–H and O–H groups in total. The van der Waals surface area contributed by atoms with Crippen LogP contribution in [0.25, 0.3) is 0 Å². The van der Waals surface area contributed by atoms with E-state index in [2.05, 4.69) is 5.32 Å². The summed E-state index contributed by atoms with van der Waals surface area (Å²) in [6.07, 6.45) is 1.87. The number of hydrogen-bond acceptors (Lipinski definition) is 5. The van der Waals surface area contributed by atoms with Crippen molar-refractivity contribution in [2.45, 2.75) is 19.4 Å². The molecule has 0 aliphatic rings.